The molecule has 0 aliphatic rings. The van der Waals surface area contributed by atoms with Crippen molar-refractivity contribution in [2.45, 2.75) is 20.4 Å². The van der Waals surface area contributed by atoms with Crippen molar-refractivity contribution in [3.63, 3.8) is 0 Å². The number of hydrogen-bond acceptors (Lipinski definition) is 7. The normalized spacial score (nSPS) is 11.5. The predicted molar refractivity (Wildman–Crippen MR) is 109 cm³/mol. The van der Waals surface area contributed by atoms with Crippen molar-refractivity contribution in [3.8, 4) is 0 Å². The molecule has 0 aliphatic heterocycles. The number of non-ortho nitro benzene ring substituents is 1. The van der Waals surface area contributed by atoms with Crippen LogP contribution in [0.25, 0.3) is 10.2 Å². The molecule has 9 nitrogen and oxygen atoms in total. The van der Waals surface area contributed by atoms with Crippen LogP contribution in [-0.2, 0) is 16.1 Å². The van der Waals surface area contributed by atoms with Crippen LogP contribution in [0.3, 0.4) is 0 Å². The van der Waals surface area contributed by atoms with Gasteiger partial charge in [-0.3, -0.25) is 24.5 Å². The Kier molecular flexibility index (Phi) is 6.17. The number of amides is 1. The lowest BCUT2D eigenvalue weighted by Crippen LogP contribution is -2.23. The van der Waals surface area contributed by atoms with Crippen molar-refractivity contribution < 1.29 is 24.0 Å². The number of ketones is 1. The SMILES string of the molecule is CCOC(=O)Cn1c(=NC(=O)c2ccc(C(C)=O)cc2)sc2cc([N+](=O)[O-])ccc21. The molecule has 0 saturated heterocycles. The van der Waals surface area contributed by atoms with Crippen LogP contribution in [0, 0.1) is 10.1 Å². The first-order chi connectivity index (χ1) is 14.3. The molecule has 0 radical (unpaired) electrons. The van der Waals surface area contributed by atoms with E-state index in [1.807, 2.05) is 0 Å². The van der Waals surface area contributed by atoms with Gasteiger partial charge in [0.1, 0.15) is 6.54 Å². The van der Waals surface area contributed by atoms with Gasteiger partial charge in [0.05, 0.1) is 21.7 Å². The van der Waals surface area contributed by atoms with E-state index in [2.05, 4.69) is 4.99 Å². The zero-order valence-corrected chi connectivity index (χ0v) is 17.0. The lowest BCUT2D eigenvalue weighted by atomic mass is 10.1. The summed E-state index contributed by atoms with van der Waals surface area (Å²) in [5.74, 6) is -1.21. The molecule has 0 bridgehead atoms. The number of ether oxygens (including phenoxy) is 1. The van der Waals surface area contributed by atoms with Gasteiger partial charge in [-0.25, -0.2) is 0 Å². The van der Waals surface area contributed by atoms with Gasteiger partial charge >= 0.3 is 5.97 Å². The van der Waals surface area contributed by atoms with Crippen LogP contribution >= 0.6 is 11.3 Å². The average molecular weight is 427 g/mol. The molecule has 0 spiro atoms. The van der Waals surface area contributed by atoms with E-state index in [-0.39, 0.29) is 35.0 Å². The Hall–Kier alpha value is -3.66. The molecule has 1 aromatic heterocycles. The molecule has 0 saturated carbocycles. The van der Waals surface area contributed by atoms with Crippen molar-refractivity contribution in [2.75, 3.05) is 6.61 Å². The molecule has 3 aromatic rings. The summed E-state index contributed by atoms with van der Waals surface area (Å²) in [7, 11) is 0. The maximum atomic E-state index is 12.6. The number of nitrogens with zero attached hydrogens (tertiary/aromatic N) is 3. The van der Waals surface area contributed by atoms with Gasteiger partial charge in [-0.2, -0.15) is 4.99 Å². The van der Waals surface area contributed by atoms with Gasteiger partial charge in [0.15, 0.2) is 10.6 Å². The van der Waals surface area contributed by atoms with Crippen LogP contribution in [0.1, 0.15) is 34.6 Å². The first-order valence-electron chi connectivity index (χ1n) is 8.93. The number of fused-ring (bicyclic) bond motifs is 1. The third kappa shape index (κ3) is 4.49. The molecule has 0 atom stereocenters. The number of carbonyl (C=O) groups excluding carboxylic acids is 3. The fraction of sp³-hybridized carbons (Fsp3) is 0.200. The highest BCUT2D eigenvalue weighted by Crippen LogP contribution is 2.23. The number of aromatic nitrogens is 1. The zero-order valence-electron chi connectivity index (χ0n) is 16.2. The third-order valence-corrected chi connectivity index (χ3v) is 5.25. The van der Waals surface area contributed by atoms with E-state index in [0.29, 0.717) is 15.8 Å². The lowest BCUT2D eigenvalue weighted by Gasteiger charge is -2.05. The Bertz CT molecular complexity index is 1220. The van der Waals surface area contributed by atoms with Gasteiger partial charge in [-0.1, -0.05) is 23.5 Å². The van der Waals surface area contributed by atoms with Crippen LogP contribution in [-0.4, -0.2) is 33.8 Å². The maximum Gasteiger partial charge on any atom is 0.326 e. The third-order valence-electron chi connectivity index (χ3n) is 4.21. The molecule has 0 aliphatic carbocycles. The second-order valence-corrected chi connectivity index (χ2v) is 7.24. The van der Waals surface area contributed by atoms with Crippen LogP contribution in [0.4, 0.5) is 5.69 Å². The number of carbonyl (C=O) groups is 3. The Morgan fingerprint density at radius 2 is 1.80 bits per heavy atom. The summed E-state index contributed by atoms with van der Waals surface area (Å²) >= 11 is 1.06. The molecule has 3 rings (SSSR count). The fourth-order valence-corrected chi connectivity index (χ4v) is 3.81. The van der Waals surface area contributed by atoms with E-state index in [4.69, 9.17) is 4.74 Å². The molecule has 1 heterocycles. The molecule has 10 heteroatoms. The number of benzene rings is 2. The van der Waals surface area contributed by atoms with Gasteiger partial charge < -0.3 is 9.30 Å². The monoisotopic (exact) mass is 427 g/mol. The molecule has 2 aromatic carbocycles. The number of esters is 1. The predicted octanol–water partition coefficient (Wildman–Crippen LogP) is 3.12. The lowest BCUT2D eigenvalue weighted by molar-refractivity contribution is -0.384. The Labute approximate surface area is 174 Å². The molecule has 0 unspecified atom stereocenters. The number of Topliss-reactive ketones (excluding diaryl/α,β-unsaturated/α-hetero) is 1. The Morgan fingerprint density at radius 3 is 2.40 bits per heavy atom. The Morgan fingerprint density at radius 1 is 1.13 bits per heavy atom. The highest BCUT2D eigenvalue weighted by molar-refractivity contribution is 7.16. The molecular weight excluding hydrogens is 410 g/mol. The van der Waals surface area contributed by atoms with E-state index < -0.39 is 16.8 Å². The van der Waals surface area contributed by atoms with Crippen LogP contribution in [0.2, 0.25) is 0 Å². The van der Waals surface area contributed by atoms with Gasteiger partial charge in [-0.15, -0.1) is 0 Å². The van der Waals surface area contributed by atoms with Crippen LogP contribution in [0.15, 0.2) is 47.5 Å². The molecule has 30 heavy (non-hydrogen) atoms. The van der Waals surface area contributed by atoms with Crippen LogP contribution in [0.5, 0.6) is 0 Å². The summed E-state index contributed by atoms with van der Waals surface area (Å²) in [6.07, 6.45) is 0. The minimum Gasteiger partial charge on any atom is -0.465 e. The molecule has 1 amide bonds. The topological polar surface area (TPSA) is 121 Å². The smallest absolute Gasteiger partial charge is 0.326 e. The van der Waals surface area contributed by atoms with Crippen LogP contribution < -0.4 is 4.80 Å². The van der Waals surface area contributed by atoms with Gasteiger partial charge in [0.2, 0.25) is 0 Å². The summed E-state index contributed by atoms with van der Waals surface area (Å²) < 4.78 is 6.98. The Balaban J connectivity index is 2.09. The fourth-order valence-electron chi connectivity index (χ4n) is 2.75. The molecule has 0 N–H and O–H groups in total. The first kappa shape index (κ1) is 21.1. The number of thiazole rings is 1. The molecule has 154 valence electrons. The molecular formula is C20H17N3O6S. The van der Waals surface area contributed by atoms with Crippen molar-refractivity contribution in [3.05, 3.63) is 68.5 Å². The summed E-state index contributed by atoms with van der Waals surface area (Å²) in [4.78, 5) is 50.9. The second-order valence-electron chi connectivity index (χ2n) is 6.24. The standard InChI is InChI=1S/C20H17N3O6S/c1-3-29-18(25)11-22-16-9-8-15(23(27)28)10-17(16)30-20(22)21-19(26)14-6-4-13(5-7-14)12(2)24/h4-10H,3,11H2,1-2H3. The quantitative estimate of drug-likeness (QED) is 0.258. The molecule has 0 fully saturated rings. The highest BCUT2D eigenvalue weighted by atomic mass is 32.1. The largest absolute Gasteiger partial charge is 0.465 e. The minimum absolute atomic E-state index is 0.107. The number of rotatable bonds is 6. The summed E-state index contributed by atoms with van der Waals surface area (Å²) in [6, 6.07) is 10.3. The van der Waals surface area contributed by atoms with E-state index in [1.165, 1.54) is 54.0 Å². The zero-order chi connectivity index (χ0) is 21.8. The number of nitro groups is 1. The maximum absolute atomic E-state index is 12.6. The summed E-state index contributed by atoms with van der Waals surface area (Å²) in [5, 5.41) is 11.1. The van der Waals surface area contributed by atoms with E-state index >= 15 is 0 Å². The minimum atomic E-state index is -0.566. The average Bonchev–Trinajstić information content (AvgIpc) is 3.04. The number of hydrogen-bond donors (Lipinski definition) is 0. The summed E-state index contributed by atoms with van der Waals surface area (Å²) in [5.41, 5.74) is 1.16. The van der Waals surface area contributed by atoms with E-state index in [9.17, 15) is 24.5 Å². The van der Waals surface area contributed by atoms with Crippen molar-refractivity contribution >= 4 is 44.9 Å². The van der Waals surface area contributed by atoms with E-state index in [0.717, 1.165) is 11.3 Å². The second kappa shape index (κ2) is 8.78. The highest BCUT2D eigenvalue weighted by Gasteiger charge is 2.16. The summed E-state index contributed by atoms with van der Waals surface area (Å²) in [6.45, 7) is 3.11. The van der Waals surface area contributed by atoms with Gasteiger partial charge in [0, 0.05) is 23.3 Å². The van der Waals surface area contributed by atoms with Crippen molar-refractivity contribution in [2.24, 2.45) is 4.99 Å². The number of nitro benzene ring substituents is 1. The van der Waals surface area contributed by atoms with Gasteiger partial charge in [0.25, 0.3) is 11.6 Å². The van der Waals surface area contributed by atoms with Gasteiger partial charge in [-0.05, 0) is 32.0 Å². The van der Waals surface area contributed by atoms with Crippen molar-refractivity contribution in [1.29, 1.82) is 0 Å². The van der Waals surface area contributed by atoms with Crippen molar-refractivity contribution in [1.82, 2.24) is 4.57 Å². The van der Waals surface area contributed by atoms with E-state index in [1.54, 1.807) is 6.92 Å². The first-order valence-corrected chi connectivity index (χ1v) is 9.75.